The number of rotatable bonds is 2. The van der Waals surface area contributed by atoms with Gasteiger partial charge >= 0.3 is 0 Å². The van der Waals surface area contributed by atoms with Gasteiger partial charge in [-0.2, -0.15) is 0 Å². The number of halogens is 2. The Morgan fingerprint density at radius 2 is 2.19 bits per heavy atom. The van der Waals surface area contributed by atoms with E-state index in [2.05, 4.69) is 5.32 Å². The molecule has 0 aliphatic carbocycles. The van der Waals surface area contributed by atoms with Crippen LogP contribution in [-0.2, 0) is 4.74 Å². The second-order valence-corrected chi connectivity index (χ2v) is 3.52. The van der Waals surface area contributed by atoms with Crippen LogP contribution < -0.4 is 5.32 Å². The lowest BCUT2D eigenvalue weighted by atomic mass is 10.1. The third-order valence-electron chi connectivity index (χ3n) is 2.36. The topological polar surface area (TPSA) is 21.3 Å². The molecule has 0 amide bonds. The van der Waals surface area contributed by atoms with Crippen molar-refractivity contribution in [1.82, 2.24) is 5.32 Å². The predicted molar refractivity (Wildman–Crippen MR) is 65.3 cm³/mol. The van der Waals surface area contributed by atoms with Crippen LogP contribution in [0, 0.1) is 5.82 Å². The monoisotopic (exact) mass is 243 g/mol. The molecule has 1 N–H and O–H groups in total. The fraction of sp³-hybridized carbons (Fsp3) is 0.333. The zero-order chi connectivity index (χ0) is 10.5. The highest BCUT2D eigenvalue weighted by Crippen LogP contribution is 2.09. The third-order valence-corrected chi connectivity index (χ3v) is 2.36. The first-order valence-electron chi connectivity index (χ1n) is 5.10. The molecule has 1 heterocycles. The average Bonchev–Trinajstić information content (AvgIpc) is 2.29. The summed E-state index contributed by atoms with van der Waals surface area (Å²) >= 11 is 0. The Morgan fingerprint density at radius 3 is 2.88 bits per heavy atom. The molecule has 1 fully saturated rings. The van der Waals surface area contributed by atoms with Gasteiger partial charge in [-0.25, -0.2) is 4.39 Å². The van der Waals surface area contributed by atoms with E-state index in [0.29, 0.717) is 12.2 Å². The lowest BCUT2D eigenvalue weighted by molar-refractivity contribution is 0.0903. The van der Waals surface area contributed by atoms with E-state index in [1.807, 2.05) is 12.1 Å². The van der Waals surface area contributed by atoms with Crippen LogP contribution in [0.4, 0.5) is 4.39 Å². The van der Waals surface area contributed by atoms with Gasteiger partial charge in [0.1, 0.15) is 5.82 Å². The van der Waals surface area contributed by atoms with Gasteiger partial charge in [-0.3, -0.25) is 0 Å². The molecule has 2 rings (SSSR count). The minimum atomic E-state index is -0.189. The van der Waals surface area contributed by atoms with Crippen molar-refractivity contribution in [3.05, 3.63) is 41.7 Å². The van der Waals surface area contributed by atoms with Crippen molar-refractivity contribution in [3.8, 4) is 0 Å². The van der Waals surface area contributed by atoms with Crippen molar-refractivity contribution in [2.75, 3.05) is 19.8 Å². The van der Waals surface area contributed by atoms with Crippen molar-refractivity contribution in [2.45, 2.75) is 6.04 Å². The van der Waals surface area contributed by atoms with Gasteiger partial charge in [-0.05, 0) is 6.07 Å². The maximum atomic E-state index is 13.2. The van der Waals surface area contributed by atoms with Crippen LogP contribution in [0.2, 0.25) is 0 Å². The highest BCUT2D eigenvalue weighted by molar-refractivity contribution is 5.85. The molecule has 1 aliphatic heterocycles. The van der Waals surface area contributed by atoms with E-state index in [-0.39, 0.29) is 24.3 Å². The average molecular weight is 244 g/mol. The lowest BCUT2D eigenvalue weighted by Crippen LogP contribution is -2.39. The second-order valence-electron chi connectivity index (χ2n) is 3.52. The highest BCUT2D eigenvalue weighted by Gasteiger charge is 2.08. The minimum Gasteiger partial charge on any atom is -0.378 e. The van der Waals surface area contributed by atoms with E-state index < -0.39 is 0 Å². The van der Waals surface area contributed by atoms with Gasteiger partial charge in [0, 0.05) is 18.2 Å². The van der Waals surface area contributed by atoms with Gasteiger partial charge in [0.2, 0.25) is 0 Å². The van der Waals surface area contributed by atoms with Crippen molar-refractivity contribution >= 4 is 18.5 Å². The summed E-state index contributed by atoms with van der Waals surface area (Å²) in [5, 5.41) is 3.27. The molecule has 0 spiro atoms. The molecular weight excluding hydrogens is 229 g/mol. The van der Waals surface area contributed by atoms with E-state index >= 15 is 0 Å². The number of hydrogen-bond donors (Lipinski definition) is 1. The van der Waals surface area contributed by atoms with Gasteiger partial charge in [-0.1, -0.05) is 30.4 Å². The molecule has 0 radical (unpaired) electrons. The van der Waals surface area contributed by atoms with Crippen LogP contribution in [-0.4, -0.2) is 25.8 Å². The molecule has 1 aliphatic rings. The molecular formula is C12H15ClFNO. The summed E-state index contributed by atoms with van der Waals surface area (Å²) < 4.78 is 18.5. The number of morpholine rings is 1. The number of hydrogen-bond acceptors (Lipinski definition) is 2. The van der Waals surface area contributed by atoms with Crippen molar-refractivity contribution in [2.24, 2.45) is 0 Å². The Balaban J connectivity index is 0.00000128. The molecule has 4 heteroatoms. The number of benzene rings is 1. The molecule has 16 heavy (non-hydrogen) atoms. The first kappa shape index (κ1) is 13.2. The number of nitrogens with one attached hydrogen (secondary N) is 1. The quantitative estimate of drug-likeness (QED) is 0.860. The number of ether oxygens (including phenoxy) is 1. The molecule has 1 aromatic rings. The van der Waals surface area contributed by atoms with Gasteiger partial charge in [0.15, 0.2) is 0 Å². The van der Waals surface area contributed by atoms with E-state index in [1.54, 1.807) is 18.2 Å². The van der Waals surface area contributed by atoms with Crippen LogP contribution in [0.25, 0.3) is 6.08 Å². The Bertz CT molecular complexity index is 351. The summed E-state index contributed by atoms with van der Waals surface area (Å²) in [4.78, 5) is 0. The highest BCUT2D eigenvalue weighted by atomic mass is 35.5. The van der Waals surface area contributed by atoms with Gasteiger partial charge in [0.25, 0.3) is 0 Å². The van der Waals surface area contributed by atoms with Crippen LogP contribution in [0.15, 0.2) is 30.3 Å². The maximum Gasteiger partial charge on any atom is 0.130 e. The summed E-state index contributed by atoms with van der Waals surface area (Å²) in [6, 6.07) is 6.93. The largest absolute Gasteiger partial charge is 0.378 e. The van der Waals surface area contributed by atoms with Crippen LogP contribution in [0.1, 0.15) is 5.56 Å². The molecule has 0 aromatic heterocycles. The third kappa shape index (κ3) is 3.59. The Labute approximate surface area is 101 Å². The second kappa shape index (κ2) is 6.63. The molecule has 1 atom stereocenters. The van der Waals surface area contributed by atoms with E-state index in [9.17, 15) is 4.39 Å². The van der Waals surface area contributed by atoms with E-state index in [4.69, 9.17) is 4.74 Å². The Morgan fingerprint density at radius 1 is 1.38 bits per heavy atom. The fourth-order valence-corrected chi connectivity index (χ4v) is 1.54. The van der Waals surface area contributed by atoms with Gasteiger partial charge < -0.3 is 10.1 Å². The lowest BCUT2D eigenvalue weighted by Gasteiger charge is -2.20. The Hall–Kier alpha value is -0.900. The summed E-state index contributed by atoms with van der Waals surface area (Å²) in [6.45, 7) is 2.27. The van der Waals surface area contributed by atoms with Crippen LogP contribution in [0.5, 0.6) is 0 Å². The zero-order valence-corrected chi connectivity index (χ0v) is 9.67. The molecule has 0 bridgehead atoms. The Kier molecular flexibility index (Phi) is 5.46. The van der Waals surface area contributed by atoms with Crippen LogP contribution >= 0.6 is 12.4 Å². The predicted octanol–water partition coefficient (Wildman–Crippen LogP) is 2.25. The zero-order valence-electron chi connectivity index (χ0n) is 8.86. The molecule has 1 saturated heterocycles. The normalized spacial score (nSPS) is 20.7. The summed E-state index contributed by atoms with van der Waals surface area (Å²) in [5.41, 5.74) is 0.616. The van der Waals surface area contributed by atoms with Gasteiger partial charge in [0.05, 0.1) is 13.2 Å². The van der Waals surface area contributed by atoms with Crippen molar-refractivity contribution in [1.29, 1.82) is 0 Å². The van der Waals surface area contributed by atoms with E-state index in [0.717, 1.165) is 13.2 Å². The van der Waals surface area contributed by atoms with Gasteiger partial charge in [-0.15, -0.1) is 12.4 Å². The summed E-state index contributed by atoms with van der Waals surface area (Å²) in [5.74, 6) is -0.189. The minimum absolute atomic E-state index is 0. The fourth-order valence-electron chi connectivity index (χ4n) is 1.54. The smallest absolute Gasteiger partial charge is 0.130 e. The molecule has 1 unspecified atom stereocenters. The maximum absolute atomic E-state index is 13.2. The summed E-state index contributed by atoms with van der Waals surface area (Å²) in [7, 11) is 0. The van der Waals surface area contributed by atoms with Crippen LogP contribution in [0.3, 0.4) is 0 Å². The standard InChI is InChI=1S/C12H14FNO.ClH/c13-12-4-2-1-3-10(12)5-6-11-9-15-8-7-14-11;/h1-6,11,14H,7-9H2;1H/b6-5+;. The molecule has 88 valence electrons. The SMILES string of the molecule is Cl.Fc1ccccc1/C=C/C1COCCN1. The van der Waals surface area contributed by atoms with Crippen molar-refractivity contribution in [3.63, 3.8) is 0 Å². The first-order chi connectivity index (χ1) is 7.36. The molecule has 2 nitrogen and oxygen atoms in total. The summed E-state index contributed by atoms with van der Waals surface area (Å²) in [6.07, 6.45) is 3.74. The van der Waals surface area contributed by atoms with Crippen molar-refractivity contribution < 1.29 is 9.13 Å². The first-order valence-corrected chi connectivity index (χ1v) is 5.10. The van der Waals surface area contributed by atoms with E-state index in [1.165, 1.54) is 6.07 Å². The molecule has 0 saturated carbocycles. The molecule has 1 aromatic carbocycles.